The van der Waals surface area contributed by atoms with Crippen molar-refractivity contribution in [3.63, 3.8) is 0 Å². The van der Waals surface area contributed by atoms with E-state index in [1.165, 1.54) is 12.1 Å². The number of halogens is 1. The van der Waals surface area contributed by atoms with Gasteiger partial charge in [0.1, 0.15) is 23.9 Å². The highest BCUT2D eigenvalue weighted by Gasteiger charge is 2.28. The van der Waals surface area contributed by atoms with Crippen LogP contribution in [0.1, 0.15) is 37.4 Å². The number of nitrogens with zero attached hydrogens (tertiary/aromatic N) is 3. The van der Waals surface area contributed by atoms with Crippen LogP contribution in [-0.2, 0) is 27.4 Å². The first-order chi connectivity index (χ1) is 17.9. The Morgan fingerprint density at radius 3 is 2.54 bits per heavy atom. The van der Waals surface area contributed by atoms with Gasteiger partial charge in [0.05, 0.1) is 12.5 Å². The van der Waals surface area contributed by atoms with Gasteiger partial charge in [-0.1, -0.05) is 12.1 Å². The number of aromatic nitrogens is 3. The fraction of sp³-hybridized carbons (Fsp3) is 0.370. The predicted octanol–water partition coefficient (Wildman–Crippen LogP) is 3.28. The van der Waals surface area contributed by atoms with Crippen molar-refractivity contribution in [2.75, 3.05) is 19.7 Å². The minimum Gasteiger partial charge on any atom is -0.489 e. The molecule has 1 aliphatic heterocycles. The molecule has 0 radical (unpaired) electrons. The van der Waals surface area contributed by atoms with Gasteiger partial charge in [0.2, 0.25) is 5.91 Å². The zero-order valence-corrected chi connectivity index (χ0v) is 20.6. The van der Waals surface area contributed by atoms with Crippen LogP contribution in [0.25, 0.3) is 11.4 Å². The SMILES string of the molecule is CCOC(=O)C1CCN(C(=O)CCc2nnc(-c3ccc(OCc4cccc(F)c4)cc3)[nH]c2=O)CC1. The van der Waals surface area contributed by atoms with Crippen molar-refractivity contribution < 1.29 is 23.5 Å². The first-order valence-electron chi connectivity index (χ1n) is 12.3. The number of ether oxygens (including phenoxy) is 2. The first kappa shape index (κ1) is 26.0. The lowest BCUT2D eigenvalue weighted by molar-refractivity contribution is -0.151. The van der Waals surface area contributed by atoms with E-state index in [9.17, 15) is 18.8 Å². The van der Waals surface area contributed by atoms with Gasteiger partial charge in [-0.15, -0.1) is 10.2 Å². The monoisotopic (exact) mass is 508 g/mol. The summed E-state index contributed by atoms with van der Waals surface area (Å²) in [6.07, 6.45) is 1.47. The molecule has 10 heteroatoms. The molecule has 1 fully saturated rings. The summed E-state index contributed by atoms with van der Waals surface area (Å²) in [6, 6.07) is 13.1. The molecule has 0 spiro atoms. The topological polar surface area (TPSA) is 114 Å². The Labute approximate surface area is 213 Å². The highest BCUT2D eigenvalue weighted by atomic mass is 19.1. The number of carbonyl (C=O) groups is 2. The molecule has 4 rings (SSSR count). The van der Waals surface area contributed by atoms with Gasteiger partial charge >= 0.3 is 5.97 Å². The Morgan fingerprint density at radius 1 is 1.11 bits per heavy atom. The number of hydrogen-bond donors (Lipinski definition) is 1. The van der Waals surface area contributed by atoms with E-state index in [1.54, 1.807) is 48.2 Å². The van der Waals surface area contributed by atoms with Crippen LogP contribution in [0.4, 0.5) is 4.39 Å². The van der Waals surface area contributed by atoms with E-state index in [2.05, 4.69) is 15.2 Å². The number of nitrogens with one attached hydrogen (secondary N) is 1. The fourth-order valence-corrected chi connectivity index (χ4v) is 4.16. The number of rotatable bonds is 9. The van der Waals surface area contributed by atoms with Gasteiger partial charge in [-0.05, 0) is 61.7 Å². The molecular weight excluding hydrogens is 479 g/mol. The number of benzene rings is 2. The number of amides is 1. The Hall–Kier alpha value is -4.08. The van der Waals surface area contributed by atoms with E-state index >= 15 is 0 Å². The van der Waals surface area contributed by atoms with Gasteiger partial charge in [0, 0.05) is 31.5 Å². The first-order valence-corrected chi connectivity index (χ1v) is 12.3. The number of carbonyl (C=O) groups excluding carboxylic acids is 2. The van der Waals surface area contributed by atoms with Gasteiger partial charge < -0.3 is 19.4 Å². The van der Waals surface area contributed by atoms with E-state index in [0.717, 1.165) is 5.56 Å². The number of hydrogen-bond acceptors (Lipinski definition) is 7. The Kier molecular flexibility index (Phi) is 8.60. The van der Waals surface area contributed by atoms with Crippen LogP contribution in [0.2, 0.25) is 0 Å². The van der Waals surface area contributed by atoms with E-state index in [0.29, 0.717) is 49.7 Å². The maximum atomic E-state index is 13.3. The van der Waals surface area contributed by atoms with Crippen LogP contribution in [0, 0.1) is 11.7 Å². The molecule has 1 saturated heterocycles. The van der Waals surface area contributed by atoms with Crippen molar-refractivity contribution in [2.45, 2.75) is 39.2 Å². The molecule has 1 aromatic heterocycles. The molecule has 1 amide bonds. The Morgan fingerprint density at radius 2 is 1.86 bits per heavy atom. The third kappa shape index (κ3) is 6.99. The van der Waals surface area contributed by atoms with Gasteiger partial charge in [-0.3, -0.25) is 14.4 Å². The number of aromatic amines is 1. The smallest absolute Gasteiger partial charge is 0.309 e. The van der Waals surface area contributed by atoms with E-state index in [1.807, 2.05) is 0 Å². The zero-order chi connectivity index (χ0) is 26.2. The van der Waals surface area contributed by atoms with Crippen LogP contribution >= 0.6 is 0 Å². The molecule has 0 aliphatic carbocycles. The summed E-state index contributed by atoms with van der Waals surface area (Å²) in [4.78, 5) is 41.4. The van der Waals surface area contributed by atoms with E-state index in [-0.39, 0.29) is 48.8 Å². The van der Waals surface area contributed by atoms with Gasteiger partial charge in [-0.2, -0.15) is 0 Å². The number of piperidine rings is 1. The summed E-state index contributed by atoms with van der Waals surface area (Å²) < 4.78 is 24.0. The summed E-state index contributed by atoms with van der Waals surface area (Å²) in [5, 5.41) is 8.16. The molecule has 194 valence electrons. The molecule has 1 N–H and O–H groups in total. The summed E-state index contributed by atoms with van der Waals surface area (Å²) >= 11 is 0. The highest BCUT2D eigenvalue weighted by Crippen LogP contribution is 2.21. The quantitative estimate of drug-likeness (QED) is 0.441. The third-order valence-corrected chi connectivity index (χ3v) is 6.23. The highest BCUT2D eigenvalue weighted by molar-refractivity contribution is 5.77. The summed E-state index contributed by atoms with van der Waals surface area (Å²) in [5.41, 5.74) is 1.16. The van der Waals surface area contributed by atoms with Crippen molar-refractivity contribution in [3.8, 4) is 17.1 Å². The van der Waals surface area contributed by atoms with Crippen LogP contribution in [0.15, 0.2) is 53.3 Å². The normalized spacial score (nSPS) is 13.8. The number of likely N-dealkylation sites (tertiary alicyclic amines) is 1. The fourth-order valence-electron chi connectivity index (χ4n) is 4.16. The molecule has 2 heterocycles. The molecule has 2 aromatic carbocycles. The van der Waals surface area contributed by atoms with E-state index in [4.69, 9.17) is 9.47 Å². The second-order valence-electron chi connectivity index (χ2n) is 8.80. The molecule has 0 bridgehead atoms. The lowest BCUT2D eigenvalue weighted by Gasteiger charge is -2.30. The van der Waals surface area contributed by atoms with Crippen molar-refractivity contribution in [1.82, 2.24) is 20.1 Å². The minimum atomic E-state index is -0.398. The molecule has 0 saturated carbocycles. The largest absolute Gasteiger partial charge is 0.489 e. The number of H-pyrrole nitrogens is 1. The lowest BCUT2D eigenvalue weighted by atomic mass is 9.96. The predicted molar refractivity (Wildman–Crippen MR) is 133 cm³/mol. The average Bonchev–Trinajstić information content (AvgIpc) is 2.91. The van der Waals surface area contributed by atoms with Crippen molar-refractivity contribution in [3.05, 3.63) is 76.0 Å². The lowest BCUT2D eigenvalue weighted by Crippen LogP contribution is -2.40. The van der Waals surface area contributed by atoms with Crippen molar-refractivity contribution in [2.24, 2.45) is 5.92 Å². The summed E-state index contributed by atoms with van der Waals surface area (Å²) in [7, 11) is 0. The molecular formula is C27H29FN4O5. The average molecular weight is 509 g/mol. The number of aryl methyl sites for hydroxylation is 1. The maximum absolute atomic E-state index is 13.3. The van der Waals surface area contributed by atoms with Gasteiger partial charge in [0.15, 0.2) is 5.82 Å². The molecule has 0 unspecified atom stereocenters. The maximum Gasteiger partial charge on any atom is 0.309 e. The van der Waals surface area contributed by atoms with Crippen LogP contribution in [0.3, 0.4) is 0 Å². The van der Waals surface area contributed by atoms with Gasteiger partial charge in [0.25, 0.3) is 5.56 Å². The second-order valence-corrected chi connectivity index (χ2v) is 8.80. The molecule has 37 heavy (non-hydrogen) atoms. The van der Waals surface area contributed by atoms with Gasteiger partial charge in [-0.25, -0.2) is 4.39 Å². The van der Waals surface area contributed by atoms with Crippen LogP contribution < -0.4 is 10.3 Å². The second kappa shape index (κ2) is 12.2. The molecule has 0 atom stereocenters. The molecule has 3 aromatic rings. The van der Waals surface area contributed by atoms with Crippen molar-refractivity contribution in [1.29, 1.82) is 0 Å². The van der Waals surface area contributed by atoms with Crippen LogP contribution in [-0.4, -0.2) is 51.7 Å². The summed E-state index contributed by atoms with van der Waals surface area (Å²) in [5.74, 6) is 0.119. The van der Waals surface area contributed by atoms with Crippen LogP contribution in [0.5, 0.6) is 5.75 Å². The van der Waals surface area contributed by atoms with Crippen molar-refractivity contribution >= 4 is 11.9 Å². The van der Waals surface area contributed by atoms with E-state index < -0.39 is 5.56 Å². The molecule has 1 aliphatic rings. The molecule has 9 nitrogen and oxygen atoms in total. The summed E-state index contributed by atoms with van der Waals surface area (Å²) in [6.45, 7) is 3.34. The number of esters is 1. The Balaban J connectivity index is 1.28. The zero-order valence-electron chi connectivity index (χ0n) is 20.6. The standard InChI is InChI=1S/C27H29FN4O5/c1-2-36-27(35)20-12-14-32(15-13-20)24(33)11-10-23-26(34)29-25(31-30-23)19-6-8-22(9-7-19)37-17-18-4-3-5-21(28)16-18/h3-9,16,20H,2,10-15,17H2,1H3,(H,29,31,34). The third-order valence-electron chi connectivity index (χ3n) is 6.23. The minimum absolute atomic E-state index is 0.0820. The Bertz CT molecular complexity index is 1290.